The number of nitrogens with zero attached hydrogens (tertiary/aromatic N) is 2. The van der Waals surface area contributed by atoms with Crippen molar-refractivity contribution in [3.05, 3.63) is 52.1 Å². The van der Waals surface area contributed by atoms with Gasteiger partial charge in [0.05, 0.1) is 16.8 Å². The number of aromatic nitrogens is 2. The number of benzene rings is 1. The highest BCUT2D eigenvalue weighted by atomic mass is 35.5. The van der Waals surface area contributed by atoms with Gasteiger partial charge in [-0.05, 0) is 18.6 Å². The molecular formula is C12H10ClFN2O. The Balaban J connectivity index is 2.55. The summed E-state index contributed by atoms with van der Waals surface area (Å²) in [7, 11) is 1.59. The summed E-state index contributed by atoms with van der Waals surface area (Å²) < 4.78 is 15.2. The molecule has 1 aromatic carbocycles. The summed E-state index contributed by atoms with van der Waals surface area (Å²) in [5, 5.41) is 4.08. The first kappa shape index (κ1) is 11.8. The minimum absolute atomic E-state index is 0.00972. The molecule has 0 fully saturated rings. The van der Waals surface area contributed by atoms with Gasteiger partial charge in [0.25, 0.3) is 0 Å². The predicted molar refractivity (Wildman–Crippen MR) is 62.8 cm³/mol. The van der Waals surface area contributed by atoms with Crippen molar-refractivity contribution in [1.82, 2.24) is 9.78 Å². The number of halogens is 2. The molecule has 88 valence electrons. The molecule has 0 bridgehead atoms. The largest absolute Gasteiger partial charge is 0.287 e. The molecule has 17 heavy (non-hydrogen) atoms. The molecule has 0 saturated carbocycles. The lowest BCUT2D eigenvalue weighted by Crippen LogP contribution is -2.11. The molecule has 0 amide bonds. The Kier molecular flexibility index (Phi) is 2.98. The quantitative estimate of drug-likeness (QED) is 0.771. The first-order chi connectivity index (χ1) is 8.02. The molecule has 3 nitrogen and oxygen atoms in total. The number of carbonyl (C=O) groups excluding carboxylic acids is 1. The van der Waals surface area contributed by atoms with Gasteiger partial charge in [-0.2, -0.15) is 5.10 Å². The Morgan fingerprint density at radius 3 is 2.76 bits per heavy atom. The monoisotopic (exact) mass is 252 g/mol. The van der Waals surface area contributed by atoms with E-state index in [1.165, 1.54) is 16.9 Å². The number of hydrogen-bond acceptors (Lipinski definition) is 2. The van der Waals surface area contributed by atoms with Crippen LogP contribution in [0, 0.1) is 12.7 Å². The van der Waals surface area contributed by atoms with Crippen LogP contribution in [0.2, 0.25) is 5.02 Å². The molecule has 0 saturated heterocycles. The normalized spacial score (nSPS) is 10.6. The molecule has 1 heterocycles. The minimum atomic E-state index is -0.519. The van der Waals surface area contributed by atoms with Crippen LogP contribution in [-0.2, 0) is 7.05 Å². The first-order valence-corrected chi connectivity index (χ1v) is 5.37. The van der Waals surface area contributed by atoms with Crippen molar-refractivity contribution in [3.8, 4) is 0 Å². The van der Waals surface area contributed by atoms with E-state index < -0.39 is 11.6 Å². The Hall–Kier alpha value is -1.68. The van der Waals surface area contributed by atoms with Gasteiger partial charge >= 0.3 is 0 Å². The molecule has 0 N–H and O–H groups in total. The fourth-order valence-electron chi connectivity index (χ4n) is 1.62. The molecule has 2 aromatic rings. The van der Waals surface area contributed by atoms with Gasteiger partial charge in [-0.15, -0.1) is 0 Å². The third kappa shape index (κ3) is 1.96. The van der Waals surface area contributed by atoms with Gasteiger partial charge in [-0.25, -0.2) is 4.39 Å². The molecule has 0 aliphatic carbocycles. The van der Waals surface area contributed by atoms with Gasteiger partial charge < -0.3 is 0 Å². The van der Waals surface area contributed by atoms with Gasteiger partial charge in [-0.3, -0.25) is 9.48 Å². The summed E-state index contributed by atoms with van der Waals surface area (Å²) in [6, 6.07) is 4.68. The van der Waals surface area contributed by atoms with Crippen LogP contribution in [0.15, 0.2) is 24.4 Å². The summed E-state index contributed by atoms with van der Waals surface area (Å²) in [5.41, 5.74) is 0.626. The van der Waals surface area contributed by atoms with E-state index in [2.05, 4.69) is 5.10 Å². The number of aryl methyl sites for hydroxylation is 2. The van der Waals surface area contributed by atoms with Crippen LogP contribution in [-0.4, -0.2) is 15.6 Å². The van der Waals surface area contributed by atoms with Crippen molar-refractivity contribution in [2.45, 2.75) is 6.92 Å². The third-order valence-electron chi connectivity index (χ3n) is 2.55. The van der Waals surface area contributed by atoms with Gasteiger partial charge in [-0.1, -0.05) is 23.7 Å². The van der Waals surface area contributed by atoms with E-state index in [0.717, 1.165) is 0 Å². The number of ketones is 1. The van der Waals surface area contributed by atoms with Crippen LogP contribution in [0.3, 0.4) is 0 Å². The Bertz CT molecular complexity index is 573. The number of hydrogen-bond donors (Lipinski definition) is 0. The summed E-state index contributed by atoms with van der Waals surface area (Å²) >= 11 is 5.86. The highest BCUT2D eigenvalue weighted by molar-refractivity contribution is 6.34. The first-order valence-electron chi connectivity index (χ1n) is 4.99. The third-order valence-corrected chi connectivity index (χ3v) is 2.82. The zero-order valence-corrected chi connectivity index (χ0v) is 10.1. The van der Waals surface area contributed by atoms with Gasteiger partial charge in [0.1, 0.15) is 11.5 Å². The van der Waals surface area contributed by atoms with Crippen LogP contribution >= 0.6 is 11.6 Å². The Morgan fingerprint density at radius 2 is 2.18 bits per heavy atom. The maximum absolute atomic E-state index is 13.8. The predicted octanol–water partition coefficient (Wildman–Crippen LogP) is 2.75. The lowest BCUT2D eigenvalue weighted by atomic mass is 10.0. The molecule has 1 aromatic heterocycles. The summed E-state index contributed by atoms with van der Waals surface area (Å²) in [6.45, 7) is 1.61. The van der Waals surface area contributed by atoms with Crippen molar-refractivity contribution in [2.24, 2.45) is 7.05 Å². The van der Waals surface area contributed by atoms with E-state index in [1.54, 1.807) is 26.1 Å². The van der Waals surface area contributed by atoms with Crippen LogP contribution in [0.1, 0.15) is 21.6 Å². The van der Waals surface area contributed by atoms with E-state index in [4.69, 9.17) is 11.6 Å². The molecule has 0 aliphatic rings. The van der Waals surface area contributed by atoms with E-state index in [1.807, 2.05) is 0 Å². The second kappa shape index (κ2) is 4.30. The average molecular weight is 253 g/mol. The zero-order valence-electron chi connectivity index (χ0n) is 9.37. The van der Waals surface area contributed by atoms with Gasteiger partial charge in [0.15, 0.2) is 0 Å². The summed E-state index contributed by atoms with van der Waals surface area (Å²) in [4.78, 5) is 12.1. The summed E-state index contributed by atoms with van der Waals surface area (Å²) in [5.74, 6) is -0.981. The molecule has 5 heteroatoms. The standard InChI is InChI=1S/C12H10ClFN2O/c1-7-4-3-5-8(10(7)14)12(17)11-9(13)6-15-16(11)2/h3-6H,1-2H3. The second-order valence-electron chi connectivity index (χ2n) is 3.73. The Labute approximate surface area is 103 Å². The fraction of sp³-hybridized carbons (Fsp3) is 0.167. The van der Waals surface area contributed by atoms with Crippen molar-refractivity contribution in [1.29, 1.82) is 0 Å². The van der Waals surface area contributed by atoms with Crippen molar-refractivity contribution in [3.63, 3.8) is 0 Å². The van der Waals surface area contributed by atoms with E-state index in [9.17, 15) is 9.18 Å². The highest BCUT2D eigenvalue weighted by Crippen LogP contribution is 2.21. The van der Waals surface area contributed by atoms with Crippen molar-refractivity contribution >= 4 is 17.4 Å². The molecule has 0 unspecified atom stereocenters. The lowest BCUT2D eigenvalue weighted by molar-refractivity contribution is 0.102. The van der Waals surface area contributed by atoms with Crippen LogP contribution in [0.5, 0.6) is 0 Å². The number of rotatable bonds is 2. The van der Waals surface area contributed by atoms with Crippen LogP contribution in [0.25, 0.3) is 0 Å². The molecule has 0 radical (unpaired) electrons. The fourth-order valence-corrected chi connectivity index (χ4v) is 1.87. The zero-order chi connectivity index (χ0) is 12.6. The maximum atomic E-state index is 13.8. The van der Waals surface area contributed by atoms with Gasteiger partial charge in [0, 0.05) is 7.05 Å². The van der Waals surface area contributed by atoms with Crippen LogP contribution in [0.4, 0.5) is 4.39 Å². The average Bonchev–Trinajstić information content (AvgIpc) is 2.62. The second-order valence-corrected chi connectivity index (χ2v) is 4.14. The maximum Gasteiger partial charge on any atom is 0.215 e. The van der Waals surface area contributed by atoms with Gasteiger partial charge in [0.2, 0.25) is 5.78 Å². The van der Waals surface area contributed by atoms with Crippen LogP contribution < -0.4 is 0 Å². The SMILES string of the molecule is Cc1cccc(C(=O)c2c(Cl)cnn2C)c1F. The number of carbonyl (C=O) groups is 1. The molecule has 0 spiro atoms. The topological polar surface area (TPSA) is 34.9 Å². The van der Waals surface area contributed by atoms with Crippen molar-refractivity contribution in [2.75, 3.05) is 0 Å². The van der Waals surface area contributed by atoms with E-state index in [-0.39, 0.29) is 16.3 Å². The summed E-state index contributed by atoms with van der Waals surface area (Å²) in [6.07, 6.45) is 1.36. The smallest absolute Gasteiger partial charge is 0.215 e. The minimum Gasteiger partial charge on any atom is -0.287 e. The van der Waals surface area contributed by atoms with E-state index in [0.29, 0.717) is 5.56 Å². The van der Waals surface area contributed by atoms with Crippen molar-refractivity contribution < 1.29 is 9.18 Å². The molecule has 2 rings (SSSR count). The Morgan fingerprint density at radius 1 is 1.47 bits per heavy atom. The lowest BCUT2D eigenvalue weighted by Gasteiger charge is -2.05. The van der Waals surface area contributed by atoms with E-state index >= 15 is 0 Å². The molecule has 0 aliphatic heterocycles. The highest BCUT2D eigenvalue weighted by Gasteiger charge is 2.21. The molecular weight excluding hydrogens is 243 g/mol. The molecule has 0 atom stereocenters.